The number of amides is 1. The van der Waals surface area contributed by atoms with Crippen molar-refractivity contribution in [3.05, 3.63) is 52.8 Å². The van der Waals surface area contributed by atoms with Crippen LogP contribution < -0.4 is 14.3 Å². The largest absolute Gasteiger partial charge is 0.497 e. The molecule has 1 heterocycles. The molecule has 2 aromatic carbocycles. The SMILES string of the molecule is CCn1c(=NC(=O)c2ccc(OC)cc2)sc2cccc(OC)c21. The number of aryl methyl sites for hydroxylation is 1. The van der Waals surface area contributed by atoms with Gasteiger partial charge in [-0.15, -0.1) is 0 Å². The van der Waals surface area contributed by atoms with Crippen LogP contribution in [0.4, 0.5) is 0 Å². The van der Waals surface area contributed by atoms with E-state index in [9.17, 15) is 4.79 Å². The molecule has 0 unspecified atom stereocenters. The number of thiazole rings is 1. The average molecular weight is 342 g/mol. The minimum absolute atomic E-state index is 0.273. The van der Waals surface area contributed by atoms with Gasteiger partial charge in [-0.05, 0) is 43.3 Å². The van der Waals surface area contributed by atoms with Gasteiger partial charge in [-0.25, -0.2) is 0 Å². The highest BCUT2D eigenvalue weighted by Gasteiger charge is 2.12. The van der Waals surface area contributed by atoms with Crippen LogP contribution in [-0.2, 0) is 6.54 Å². The van der Waals surface area contributed by atoms with Crippen molar-refractivity contribution >= 4 is 27.5 Å². The molecule has 0 N–H and O–H groups in total. The summed E-state index contributed by atoms with van der Waals surface area (Å²) < 4.78 is 13.6. The van der Waals surface area contributed by atoms with E-state index in [1.807, 2.05) is 29.7 Å². The van der Waals surface area contributed by atoms with Gasteiger partial charge >= 0.3 is 0 Å². The van der Waals surface area contributed by atoms with E-state index >= 15 is 0 Å². The zero-order valence-electron chi connectivity index (χ0n) is 13.8. The van der Waals surface area contributed by atoms with Crippen molar-refractivity contribution in [2.24, 2.45) is 4.99 Å². The maximum Gasteiger partial charge on any atom is 0.279 e. The van der Waals surface area contributed by atoms with Crippen molar-refractivity contribution in [3.63, 3.8) is 0 Å². The molecule has 0 radical (unpaired) electrons. The molecule has 124 valence electrons. The summed E-state index contributed by atoms with van der Waals surface area (Å²) in [5, 5.41) is 0. The number of hydrogen-bond acceptors (Lipinski definition) is 4. The van der Waals surface area contributed by atoms with Crippen LogP contribution in [0.2, 0.25) is 0 Å². The van der Waals surface area contributed by atoms with Crippen LogP contribution in [0.5, 0.6) is 11.5 Å². The number of para-hydroxylation sites is 1. The number of nitrogens with zero attached hydrogens (tertiary/aromatic N) is 2. The molecule has 0 spiro atoms. The van der Waals surface area contributed by atoms with Gasteiger partial charge in [0, 0.05) is 12.1 Å². The minimum atomic E-state index is -0.273. The number of fused-ring (bicyclic) bond motifs is 1. The number of benzene rings is 2. The fraction of sp³-hybridized carbons (Fsp3) is 0.222. The van der Waals surface area contributed by atoms with Crippen LogP contribution in [0.1, 0.15) is 17.3 Å². The fourth-order valence-electron chi connectivity index (χ4n) is 2.53. The van der Waals surface area contributed by atoms with Crippen molar-refractivity contribution in [1.82, 2.24) is 4.57 Å². The van der Waals surface area contributed by atoms with Gasteiger partial charge in [-0.1, -0.05) is 17.4 Å². The third-order valence-electron chi connectivity index (χ3n) is 3.73. The highest BCUT2D eigenvalue weighted by molar-refractivity contribution is 7.16. The van der Waals surface area contributed by atoms with E-state index in [0.717, 1.165) is 16.0 Å². The number of rotatable bonds is 4. The minimum Gasteiger partial charge on any atom is -0.497 e. The molecule has 24 heavy (non-hydrogen) atoms. The average Bonchev–Trinajstić information content (AvgIpc) is 2.98. The van der Waals surface area contributed by atoms with Gasteiger partial charge in [0.2, 0.25) is 0 Å². The number of aromatic nitrogens is 1. The van der Waals surface area contributed by atoms with Gasteiger partial charge in [0.05, 0.1) is 18.9 Å². The lowest BCUT2D eigenvalue weighted by molar-refractivity contribution is 0.0998. The number of carbonyl (C=O) groups is 1. The maximum atomic E-state index is 12.5. The smallest absolute Gasteiger partial charge is 0.279 e. The summed E-state index contributed by atoms with van der Waals surface area (Å²) >= 11 is 1.48. The van der Waals surface area contributed by atoms with Gasteiger partial charge in [-0.3, -0.25) is 4.79 Å². The molecule has 0 fully saturated rings. The van der Waals surface area contributed by atoms with Gasteiger partial charge in [0.1, 0.15) is 17.0 Å². The molecule has 5 nitrogen and oxygen atoms in total. The number of hydrogen-bond donors (Lipinski definition) is 0. The summed E-state index contributed by atoms with van der Waals surface area (Å²) in [6.07, 6.45) is 0. The van der Waals surface area contributed by atoms with Crippen LogP contribution in [0.15, 0.2) is 47.5 Å². The highest BCUT2D eigenvalue weighted by Crippen LogP contribution is 2.27. The molecule has 1 aromatic heterocycles. The van der Waals surface area contributed by atoms with Gasteiger partial charge < -0.3 is 14.0 Å². The number of carbonyl (C=O) groups excluding carboxylic acids is 1. The van der Waals surface area contributed by atoms with E-state index in [2.05, 4.69) is 4.99 Å². The van der Waals surface area contributed by atoms with E-state index in [4.69, 9.17) is 9.47 Å². The Labute approximate surface area is 143 Å². The quantitative estimate of drug-likeness (QED) is 0.729. The molecule has 3 rings (SSSR count). The second-order valence-corrected chi connectivity index (χ2v) is 6.09. The third kappa shape index (κ3) is 2.92. The second kappa shape index (κ2) is 6.88. The molecule has 0 aliphatic rings. The molecule has 0 bridgehead atoms. The van der Waals surface area contributed by atoms with E-state index in [-0.39, 0.29) is 5.91 Å². The first-order chi connectivity index (χ1) is 11.7. The standard InChI is InChI=1S/C18H18N2O3S/c1-4-20-16-14(23-3)6-5-7-15(16)24-18(20)19-17(21)12-8-10-13(22-2)11-9-12/h5-11H,4H2,1-3H3. The number of methoxy groups -OCH3 is 2. The lowest BCUT2D eigenvalue weighted by Gasteiger charge is -2.05. The van der Waals surface area contributed by atoms with Crippen LogP contribution in [0, 0.1) is 0 Å². The topological polar surface area (TPSA) is 52.8 Å². The Morgan fingerprint density at radius 1 is 1.12 bits per heavy atom. The van der Waals surface area contributed by atoms with Crippen molar-refractivity contribution < 1.29 is 14.3 Å². The summed E-state index contributed by atoms with van der Waals surface area (Å²) in [5.74, 6) is 1.22. The zero-order valence-corrected chi connectivity index (χ0v) is 14.6. The molecule has 0 atom stereocenters. The van der Waals surface area contributed by atoms with Gasteiger partial charge in [0.15, 0.2) is 4.80 Å². The Morgan fingerprint density at radius 3 is 2.50 bits per heavy atom. The first-order valence-electron chi connectivity index (χ1n) is 7.57. The van der Waals surface area contributed by atoms with Gasteiger partial charge in [0.25, 0.3) is 5.91 Å². The van der Waals surface area contributed by atoms with E-state index in [1.54, 1.807) is 38.5 Å². The van der Waals surface area contributed by atoms with E-state index in [1.165, 1.54) is 11.3 Å². The first kappa shape index (κ1) is 16.3. The maximum absolute atomic E-state index is 12.5. The molecule has 6 heteroatoms. The molecule has 1 amide bonds. The van der Waals surface area contributed by atoms with Gasteiger partial charge in [-0.2, -0.15) is 4.99 Å². The molecule has 0 saturated heterocycles. The zero-order chi connectivity index (χ0) is 17.1. The fourth-order valence-corrected chi connectivity index (χ4v) is 3.64. The Bertz CT molecular complexity index is 939. The Hall–Kier alpha value is -2.60. The van der Waals surface area contributed by atoms with Crippen molar-refractivity contribution in [2.45, 2.75) is 13.5 Å². The normalized spacial score (nSPS) is 11.7. The molecular formula is C18H18N2O3S. The predicted octanol–water partition coefficient (Wildman–Crippen LogP) is 3.48. The van der Waals surface area contributed by atoms with Crippen molar-refractivity contribution in [1.29, 1.82) is 0 Å². The Balaban J connectivity index is 2.10. The van der Waals surface area contributed by atoms with Crippen molar-refractivity contribution in [2.75, 3.05) is 14.2 Å². The number of ether oxygens (including phenoxy) is 2. The van der Waals surface area contributed by atoms with Crippen LogP contribution >= 0.6 is 11.3 Å². The van der Waals surface area contributed by atoms with E-state index in [0.29, 0.717) is 22.7 Å². The van der Waals surface area contributed by atoms with Crippen LogP contribution in [0.25, 0.3) is 10.2 Å². The molecule has 0 aliphatic carbocycles. The summed E-state index contributed by atoms with van der Waals surface area (Å²) in [5.41, 5.74) is 1.50. The molecule has 3 aromatic rings. The Morgan fingerprint density at radius 2 is 1.88 bits per heavy atom. The second-order valence-electron chi connectivity index (χ2n) is 5.08. The molecule has 0 aliphatic heterocycles. The monoisotopic (exact) mass is 342 g/mol. The lowest BCUT2D eigenvalue weighted by atomic mass is 10.2. The molecule has 0 saturated carbocycles. The summed E-state index contributed by atoms with van der Waals surface area (Å²) in [7, 11) is 3.24. The molecular weight excluding hydrogens is 324 g/mol. The van der Waals surface area contributed by atoms with Crippen LogP contribution in [-0.4, -0.2) is 24.7 Å². The van der Waals surface area contributed by atoms with Crippen molar-refractivity contribution in [3.8, 4) is 11.5 Å². The lowest BCUT2D eigenvalue weighted by Crippen LogP contribution is -2.16. The Kier molecular flexibility index (Phi) is 4.66. The summed E-state index contributed by atoms with van der Waals surface area (Å²) in [6, 6.07) is 12.8. The van der Waals surface area contributed by atoms with Crippen LogP contribution in [0.3, 0.4) is 0 Å². The summed E-state index contributed by atoms with van der Waals surface area (Å²) in [4.78, 5) is 17.4. The first-order valence-corrected chi connectivity index (χ1v) is 8.39. The van der Waals surface area contributed by atoms with E-state index < -0.39 is 0 Å². The summed E-state index contributed by atoms with van der Waals surface area (Å²) in [6.45, 7) is 2.73. The highest BCUT2D eigenvalue weighted by atomic mass is 32.1. The predicted molar refractivity (Wildman–Crippen MR) is 94.9 cm³/mol. The third-order valence-corrected chi connectivity index (χ3v) is 4.78.